The summed E-state index contributed by atoms with van der Waals surface area (Å²) in [4.78, 5) is 20.7. The number of amides is 2. The van der Waals surface area contributed by atoms with E-state index in [0.29, 0.717) is 4.42 Å². The normalized spacial score (nSPS) is 22.6. The lowest BCUT2D eigenvalue weighted by atomic mass is 10.4. The molecule has 1 fully saturated rings. The number of halogens is 1. The van der Waals surface area contributed by atoms with E-state index in [-0.39, 0.29) is 24.7 Å². The summed E-state index contributed by atoms with van der Waals surface area (Å²) in [5.41, 5.74) is 0. The predicted octanol–water partition coefficient (Wildman–Crippen LogP) is 0.127. The molecule has 4 heteroatoms. The molecule has 8 heavy (non-hydrogen) atoms. The molecule has 1 heterocycles. The molecule has 1 rings (SSSR count). The van der Waals surface area contributed by atoms with E-state index < -0.39 is 0 Å². The maximum Gasteiger partial charge on any atom is 0.390 e. The van der Waals surface area contributed by atoms with Crippen LogP contribution in [0.4, 0.5) is 0 Å². The Labute approximate surface area is 51.3 Å². The van der Waals surface area contributed by atoms with Crippen molar-refractivity contribution in [2.75, 3.05) is 0 Å². The van der Waals surface area contributed by atoms with Crippen molar-refractivity contribution in [3.8, 4) is 0 Å². The van der Waals surface area contributed by atoms with Crippen molar-refractivity contribution in [1.29, 1.82) is 0 Å². The molecule has 0 saturated carbocycles. The predicted molar refractivity (Wildman–Crippen MR) is 27.2 cm³/mol. The molecule has 43 valence electrons. The van der Waals surface area contributed by atoms with Crippen LogP contribution in [0.3, 0.4) is 0 Å². The summed E-state index contributed by atoms with van der Waals surface area (Å²) in [6, 6.07) is 0. The quantitative estimate of drug-likeness (QED) is 0.348. The SMILES string of the molecule is O=C1CCC(=O)[N+]1Cl. The molecule has 1 saturated heterocycles. The lowest BCUT2D eigenvalue weighted by Gasteiger charge is -1.76. The van der Waals surface area contributed by atoms with E-state index in [1.807, 2.05) is 0 Å². The largest absolute Gasteiger partial charge is 0.390 e. The Morgan fingerprint density at radius 1 is 1.25 bits per heavy atom. The first kappa shape index (κ1) is 5.72. The highest BCUT2D eigenvalue weighted by Crippen LogP contribution is 2.09. The average Bonchev–Trinajstić information content (AvgIpc) is 1.98. The van der Waals surface area contributed by atoms with E-state index >= 15 is 0 Å². The molecule has 0 aliphatic carbocycles. The van der Waals surface area contributed by atoms with Crippen LogP contribution in [0.5, 0.6) is 0 Å². The van der Waals surface area contributed by atoms with E-state index in [2.05, 4.69) is 0 Å². The van der Waals surface area contributed by atoms with E-state index in [0.717, 1.165) is 0 Å². The van der Waals surface area contributed by atoms with E-state index in [1.54, 1.807) is 0 Å². The minimum atomic E-state index is -0.295. The highest BCUT2D eigenvalue weighted by Gasteiger charge is 2.41. The maximum absolute atomic E-state index is 10.4. The molecule has 0 unspecified atom stereocenters. The van der Waals surface area contributed by atoms with Gasteiger partial charge in [-0.25, -0.2) is 9.59 Å². The molecule has 0 spiro atoms. The van der Waals surface area contributed by atoms with Gasteiger partial charge in [0.05, 0.1) is 17.3 Å². The molecular formula is C4H4ClNO2+. The Bertz CT molecular complexity index is 129. The number of nitrogens with zero attached hydrogens (tertiary/aromatic N) is 1. The Balaban J connectivity index is 2.70. The summed E-state index contributed by atoms with van der Waals surface area (Å²) in [7, 11) is 0. The summed E-state index contributed by atoms with van der Waals surface area (Å²) in [5.74, 6) is -0.590. The van der Waals surface area contributed by atoms with Crippen molar-refractivity contribution in [2.24, 2.45) is 0 Å². The first-order valence-corrected chi connectivity index (χ1v) is 2.57. The van der Waals surface area contributed by atoms with Crippen molar-refractivity contribution in [2.45, 2.75) is 12.8 Å². The fraction of sp³-hybridized carbons (Fsp3) is 0.500. The number of hydrogen-bond donors (Lipinski definition) is 0. The third-order valence-corrected chi connectivity index (χ3v) is 1.37. The van der Waals surface area contributed by atoms with Gasteiger partial charge in [0.15, 0.2) is 0 Å². The van der Waals surface area contributed by atoms with Gasteiger partial charge in [-0.15, -0.1) is 0 Å². The summed E-state index contributed by atoms with van der Waals surface area (Å²) in [6.07, 6.45) is 0.532. The van der Waals surface area contributed by atoms with Gasteiger partial charge in [-0.1, -0.05) is 0 Å². The van der Waals surface area contributed by atoms with Crippen LogP contribution < -0.4 is 4.42 Å². The molecular weight excluding hydrogens is 130 g/mol. The Kier molecular flexibility index (Phi) is 1.31. The summed E-state index contributed by atoms with van der Waals surface area (Å²) < 4.78 is 0.639. The Hall–Kier alpha value is -0.410. The number of imide groups is 1. The third kappa shape index (κ3) is 0.743. The van der Waals surface area contributed by atoms with Crippen molar-refractivity contribution in [3.05, 3.63) is 0 Å². The zero-order valence-corrected chi connectivity index (χ0v) is 4.81. The van der Waals surface area contributed by atoms with Gasteiger partial charge in [0.1, 0.15) is 0 Å². The van der Waals surface area contributed by atoms with Gasteiger partial charge in [-0.3, -0.25) is 0 Å². The van der Waals surface area contributed by atoms with Gasteiger partial charge < -0.3 is 0 Å². The van der Waals surface area contributed by atoms with Gasteiger partial charge in [0.25, 0.3) is 0 Å². The number of hydrogen-bond acceptors (Lipinski definition) is 2. The highest BCUT2D eigenvalue weighted by atomic mass is 35.5. The first-order valence-electron chi connectivity index (χ1n) is 2.23. The molecule has 1 aliphatic rings. The van der Waals surface area contributed by atoms with Gasteiger partial charge in [-0.2, -0.15) is 0 Å². The number of carbonyl (C=O) groups excluding carboxylic acids is 2. The summed E-state index contributed by atoms with van der Waals surface area (Å²) >= 11 is 5.15. The molecule has 1 aliphatic heterocycles. The van der Waals surface area contributed by atoms with Crippen LogP contribution in [0, 0.1) is 0 Å². The zero-order chi connectivity index (χ0) is 6.15. The summed E-state index contributed by atoms with van der Waals surface area (Å²) in [6.45, 7) is 0. The molecule has 2 amide bonds. The Morgan fingerprint density at radius 2 is 1.62 bits per heavy atom. The van der Waals surface area contributed by atoms with Crippen molar-refractivity contribution in [1.82, 2.24) is 4.42 Å². The van der Waals surface area contributed by atoms with Gasteiger partial charge in [-0.05, 0) is 0 Å². The topological polar surface area (TPSA) is 40.0 Å². The van der Waals surface area contributed by atoms with E-state index in [4.69, 9.17) is 11.8 Å². The first-order chi connectivity index (χ1) is 3.72. The van der Waals surface area contributed by atoms with Crippen LogP contribution in [0.2, 0.25) is 0 Å². The second kappa shape index (κ2) is 1.84. The molecule has 0 aromatic heterocycles. The van der Waals surface area contributed by atoms with Crippen LogP contribution in [0.25, 0.3) is 0 Å². The van der Waals surface area contributed by atoms with E-state index in [1.165, 1.54) is 0 Å². The maximum atomic E-state index is 10.4. The minimum Gasteiger partial charge on any atom is -0.223 e. The molecule has 3 nitrogen and oxygen atoms in total. The lowest BCUT2D eigenvalue weighted by Crippen LogP contribution is -2.23. The zero-order valence-electron chi connectivity index (χ0n) is 4.06. The van der Waals surface area contributed by atoms with Gasteiger partial charge >= 0.3 is 11.8 Å². The average molecular weight is 134 g/mol. The second-order valence-electron chi connectivity index (χ2n) is 1.57. The van der Waals surface area contributed by atoms with Crippen molar-refractivity contribution >= 4 is 23.6 Å². The summed E-state index contributed by atoms with van der Waals surface area (Å²) in [5, 5.41) is 0. The molecule has 0 atom stereocenters. The van der Waals surface area contributed by atoms with Crippen molar-refractivity contribution < 1.29 is 9.59 Å². The number of carbonyl (C=O) groups is 2. The van der Waals surface area contributed by atoms with E-state index in [9.17, 15) is 9.59 Å². The lowest BCUT2D eigenvalue weighted by molar-refractivity contribution is -0.127. The molecule has 0 N–H and O–H groups in total. The fourth-order valence-corrected chi connectivity index (χ4v) is 0.718. The van der Waals surface area contributed by atoms with Crippen LogP contribution >= 0.6 is 11.8 Å². The van der Waals surface area contributed by atoms with Crippen molar-refractivity contribution in [3.63, 3.8) is 0 Å². The molecule has 0 aromatic rings. The Morgan fingerprint density at radius 3 is 1.75 bits per heavy atom. The molecule has 0 aromatic carbocycles. The molecule has 1 radical (unpaired) electrons. The smallest absolute Gasteiger partial charge is 0.223 e. The monoisotopic (exact) mass is 133 g/mol. The minimum absolute atomic E-state index is 0.266. The van der Waals surface area contributed by atoms with Crippen LogP contribution in [0.1, 0.15) is 12.8 Å². The second-order valence-corrected chi connectivity index (χ2v) is 1.91. The standard InChI is InChI=1S/C4H4ClNO2/c5-6-3(7)1-2-4(6)8/h1-2H2/q+1. The van der Waals surface area contributed by atoms with Crippen LogP contribution in [-0.2, 0) is 9.59 Å². The van der Waals surface area contributed by atoms with Crippen LogP contribution in [-0.4, -0.2) is 11.8 Å². The van der Waals surface area contributed by atoms with Gasteiger partial charge in [0, 0.05) is 0 Å². The number of rotatable bonds is 0. The highest BCUT2D eigenvalue weighted by molar-refractivity contribution is 6.35. The van der Waals surface area contributed by atoms with Crippen LogP contribution in [0.15, 0.2) is 0 Å². The molecule has 0 bridgehead atoms. The van der Waals surface area contributed by atoms with Gasteiger partial charge in [0.2, 0.25) is 11.8 Å². The third-order valence-electron chi connectivity index (χ3n) is 0.991. The fourth-order valence-electron chi connectivity index (χ4n) is 0.549.